The second kappa shape index (κ2) is 8.65. The molecule has 0 aliphatic carbocycles. The monoisotopic (exact) mass is 393 g/mol. The van der Waals surface area contributed by atoms with Gasteiger partial charge in [0.1, 0.15) is 6.07 Å². The van der Waals surface area contributed by atoms with E-state index in [-0.39, 0.29) is 22.9 Å². The Morgan fingerprint density at radius 2 is 2.19 bits per heavy atom. The zero-order valence-electron chi connectivity index (χ0n) is 14.1. The number of thiazole rings is 1. The highest BCUT2D eigenvalue weighted by Crippen LogP contribution is 2.20. The SMILES string of the molecule is Cc1csc(=O)n1CCC(=O)OC(C)C(=O)Nc1ccc(C#N)c(Cl)c1. The quantitative estimate of drug-likeness (QED) is 0.760. The Balaban J connectivity index is 1.88. The number of anilines is 1. The number of esters is 1. The average Bonchev–Trinajstić information content (AvgIpc) is 2.91. The zero-order valence-corrected chi connectivity index (χ0v) is 15.7. The number of aryl methyl sites for hydroxylation is 1. The van der Waals surface area contributed by atoms with Crippen molar-refractivity contribution in [3.05, 3.63) is 49.5 Å². The van der Waals surface area contributed by atoms with Crippen molar-refractivity contribution in [1.82, 2.24) is 4.57 Å². The lowest BCUT2D eigenvalue weighted by Gasteiger charge is -2.14. The van der Waals surface area contributed by atoms with Crippen molar-refractivity contribution < 1.29 is 14.3 Å². The molecule has 0 aliphatic heterocycles. The molecule has 1 N–H and O–H groups in total. The molecule has 0 aliphatic rings. The van der Waals surface area contributed by atoms with Crippen molar-refractivity contribution in [1.29, 1.82) is 5.26 Å². The normalized spacial score (nSPS) is 11.5. The first-order chi connectivity index (χ1) is 12.3. The fourth-order valence-corrected chi connectivity index (χ4v) is 3.10. The van der Waals surface area contributed by atoms with Crippen LogP contribution in [0.2, 0.25) is 5.02 Å². The molecule has 0 fully saturated rings. The van der Waals surface area contributed by atoms with Crippen LogP contribution in [-0.2, 0) is 20.9 Å². The van der Waals surface area contributed by atoms with Crippen molar-refractivity contribution in [2.45, 2.75) is 32.9 Å². The van der Waals surface area contributed by atoms with Crippen LogP contribution in [-0.4, -0.2) is 22.5 Å². The molecule has 136 valence electrons. The third-order valence-electron chi connectivity index (χ3n) is 3.55. The number of nitriles is 1. The molecule has 26 heavy (non-hydrogen) atoms. The van der Waals surface area contributed by atoms with Crippen LogP contribution in [0, 0.1) is 18.3 Å². The van der Waals surface area contributed by atoms with Gasteiger partial charge in [-0.2, -0.15) is 5.26 Å². The van der Waals surface area contributed by atoms with Crippen LogP contribution >= 0.6 is 22.9 Å². The highest BCUT2D eigenvalue weighted by Gasteiger charge is 2.18. The third-order valence-corrected chi connectivity index (χ3v) is 4.74. The van der Waals surface area contributed by atoms with Gasteiger partial charge in [-0.15, -0.1) is 0 Å². The van der Waals surface area contributed by atoms with E-state index in [0.717, 1.165) is 17.0 Å². The highest BCUT2D eigenvalue weighted by atomic mass is 35.5. The molecule has 1 aromatic carbocycles. The fourth-order valence-electron chi connectivity index (χ4n) is 2.11. The first-order valence-corrected chi connectivity index (χ1v) is 8.92. The van der Waals surface area contributed by atoms with E-state index >= 15 is 0 Å². The van der Waals surface area contributed by atoms with Crippen LogP contribution in [0.25, 0.3) is 0 Å². The van der Waals surface area contributed by atoms with Gasteiger partial charge in [0.15, 0.2) is 6.10 Å². The summed E-state index contributed by atoms with van der Waals surface area (Å²) in [5.74, 6) is -1.11. The van der Waals surface area contributed by atoms with Gasteiger partial charge in [-0.25, -0.2) is 0 Å². The summed E-state index contributed by atoms with van der Waals surface area (Å²) in [7, 11) is 0. The molecule has 2 rings (SSSR count). The van der Waals surface area contributed by atoms with Gasteiger partial charge in [0.05, 0.1) is 17.0 Å². The fraction of sp³-hybridized carbons (Fsp3) is 0.294. The molecule has 1 amide bonds. The van der Waals surface area contributed by atoms with E-state index in [1.807, 2.05) is 6.07 Å². The number of carbonyl (C=O) groups excluding carboxylic acids is 2. The molecule has 1 atom stereocenters. The second-order valence-electron chi connectivity index (χ2n) is 5.47. The van der Waals surface area contributed by atoms with E-state index in [2.05, 4.69) is 5.32 Å². The predicted molar refractivity (Wildman–Crippen MR) is 98.3 cm³/mol. The van der Waals surface area contributed by atoms with Crippen LogP contribution in [0.4, 0.5) is 5.69 Å². The lowest BCUT2D eigenvalue weighted by molar-refractivity contribution is -0.153. The number of ether oxygens (including phenoxy) is 1. The number of rotatable bonds is 6. The van der Waals surface area contributed by atoms with E-state index in [9.17, 15) is 14.4 Å². The number of hydrogen-bond acceptors (Lipinski definition) is 6. The molecule has 1 aromatic heterocycles. The molecule has 0 radical (unpaired) electrons. The summed E-state index contributed by atoms with van der Waals surface area (Å²) in [6, 6.07) is 6.38. The Hall–Kier alpha value is -2.63. The summed E-state index contributed by atoms with van der Waals surface area (Å²) in [4.78, 5) is 35.5. The summed E-state index contributed by atoms with van der Waals surface area (Å²) in [6.07, 6.45) is -1.03. The highest BCUT2D eigenvalue weighted by molar-refractivity contribution is 7.07. The Labute approximate surface area is 158 Å². The van der Waals surface area contributed by atoms with Gasteiger partial charge < -0.3 is 14.6 Å². The number of benzene rings is 1. The first kappa shape index (κ1) is 19.7. The first-order valence-electron chi connectivity index (χ1n) is 7.66. The molecule has 0 bridgehead atoms. The molecule has 2 aromatic rings. The molecule has 1 heterocycles. The minimum Gasteiger partial charge on any atom is -0.452 e. The predicted octanol–water partition coefficient (Wildman–Crippen LogP) is 2.70. The summed E-state index contributed by atoms with van der Waals surface area (Å²) in [5.41, 5.74) is 1.46. The summed E-state index contributed by atoms with van der Waals surface area (Å²) in [6.45, 7) is 3.43. The average molecular weight is 394 g/mol. The zero-order chi connectivity index (χ0) is 19.3. The van der Waals surface area contributed by atoms with Gasteiger partial charge in [-0.1, -0.05) is 22.9 Å². The van der Waals surface area contributed by atoms with Crippen molar-refractivity contribution >= 4 is 40.5 Å². The number of nitrogens with one attached hydrogen (secondary N) is 1. The largest absolute Gasteiger partial charge is 0.452 e. The summed E-state index contributed by atoms with van der Waals surface area (Å²) in [5, 5.41) is 13.3. The lowest BCUT2D eigenvalue weighted by atomic mass is 10.2. The van der Waals surface area contributed by atoms with Gasteiger partial charge in [-0.3, -0.25) is 14.4 Å². The van der Waals surface area contributed by atoms with Gasteiger partial charge in [0, 0.05) is 23.3 Å². The third kappa shape index (κ3) is 4.94. The van der Waals surface area contributed by atoms with Gasteiger partial charge in [0.25, 0.3) is 5.91 Å². The van der Waals surface area contributed by atoms with E-state index in [0.29, 0.717) is 11.3 Å². The van der Waals surface area contributed by atoms with Crippen LogP contribution in [0.5, 0.6) is 0 Å². The van der Waals surface area contributed by atoms with Crippen LogP contribution in [0.15, 0.2) is 28.4 Å². The Kier molecular flexibility index (Phi) is 6.55. The van der Waals surface area contributed by atoms with Crippen molar-refractivity contribution in [2.24, 2.45) is 0 Å². The maximum absolute atomic E-state index is 12.1. The van der Waals surface area contributed by atoms with Crippen LogP contribution in [0.3, 0.4) is 0 Å². The van der Waals surface area contributed by atoms with E-state index in [1.165, 1.54) is 29.7 Å². The number of aromatic nitrogens is 1. The Morgan fingerprint density at radius 3 is 2.77 bits per heavy atom. The molecular weight excluding hydrogens is 378 g/mol. The van der Waals surface area contributed by atoms with Gasteiger partial charge in [0.2, 0.25) is 0 Å². The number of carbonyl (C=O) groups is 2. The second-order valence-corrected chi connectivity index (χ2v) is 6.70. The maximum atomic E-state index is 12.1. The molecule has 0 spiro atoms. The molecule has 7 nitrogen and oxygen atoms in total. The number of nitrogens with zero attached hydrogens (tertiary/aromatic N) is 2. The summed E-state index contributed by atoms with van der Waals surface area (Å²) >= 11 is 6.97. The van der Waals surface area contributed by atoms with E-state index in [4.69, 9.17) is 21.6 Å². The molecule has 0 saturated carbocycles. The number of hydrogen-bond donors (Lipinski definition) is 1. The lowest BCUT2D eigenvalue weighted by Crippen LogP contribution is -2.30. The number of amides is 1. The van der Waals surface area contributed by atoms with Crippen molar-refractivity contribution in [2.75, 3.05) is 5.32 Å². The smallest absolute Gasteiger partial charge is 0.308 e. The van der Waals surface area contributed by atoms with Crippen molar-refractivity contribution in [3.8, 4) is 6.07 Å². The molecular formula is C17H16ClN3O4S. The van der Waals surface area contributed by atoms with Gasteiger partial charge >= 0.3 is 10.8 Å². The van der Waals surface area contributed by atoms with Crippen LogP contribution < -0.4 is 10.2 Å². The number of halogens is 1. The van der Waals surface area contributed by atoms with E-state index < -0.39 is 18.0 Å². The molecule has 9 heteroatoms. The summed E-state index contributed by atoms with van der Waals surface area (Å²) < 4.78 is 6.57. The standard InChI is InChI=1S/C17H16ClN3O4S/c1-10-9-26-17(24)21(10)6-5-15(22)25-11(2)16(23)20-13-4-3-12(8-19)14(18)7-13/h3-4,7,9,11H,5-6H2,1-2H3,(H,20,23). The maximum Gasteiger partial charge on any atom is 0.308 e. The molecule has 0 saturated heterocycles. The Morgan fingerprint density at radius 1 is 1.46 bits per heavy atom. The molecule has 1 unspecified atom stereocenters. The topological polar surface area (TPSA) is 101 Å². The van der Waals surface area contributed by atoms with Crippen molar-refractivity contribution in [3.63, 3.8) is 0 Å². The van der Waals surface area contributed by atoms with Gasteiger partial charge in [-0.05, 0) is 32.0 Å². The van der Waals surface area contributed by atoms with Crippen LogP contribution in [0.1, 0.15) is 24.6 Å². The minimum atomic E-state index is -1.02. The Bertz CT molecular complexity index is 929. The van der Waals surface area contributed by atoms with E-state index in [1.54, 1.807) is 12.3 Å². The minimum absolute atomic E-state index is 0.0161.